The van der Waals surface area contributed by atoms with Gasteiger partial charge in [0.05, 0.1) is 17.0 Å². The second kappa shape index (κ2) is 5.61. The van der Waals surface area contributed by atoms with Gasteiger partial charge >= 0.3 is 5.97 Å². The van der Waals surface area contributed by atoms with E-state index < -0.39 is 27.3 Å². The number of hydrogen-bond donors (Lipinski definition) is 3. The second-order valence-corrected chi connectivity index (χ2v) is 6.93. The highest BCUT2D eigenvalue weighted by Gasteiger charge is 2.36. The van der Waals surface area contributed by atoms with E-state index in [4.69, 9.17) is 10.2 Å². The van der Waals surface area contributed by atoms with Crippen LogP contribution in [-0.2, 0) is 14.8 Å². The standard InChI is InChI=1S/C13H17FN2O4S/c14-10-7-9(21(15,19)20)3-4-11(10)16-13(8-12(17)18)5-1-2-6-13/h3-4,7,16H,1-2,5-6,8H2,(H,17,18)(H2,15,19,20). The number of benzene rings is 1. The Bertz CT molecular complexity index is 654. The molecule has 21 heavy (non-hydrogen) atoms. The molecule has 0 aliphatic heterocycles. The maximum atomic E-state index is 14.0. The van der Waals surface area contributed by atoms with Crippen LogP contribution in [0.1, 0.15) is 32.1 Å². The smallest absolute Gasteiger partial charge is 0.305 e. The van der Waals surface area contributed by atoms with E-state index in [2.05, 4.69) is 5.32 Å². The van der Waals surface area contributed by atoms with Crippen LogP contribution in [0.25, 0.3) is 0 Å². The number of carbonyl (C=O) groups is 1. The highest BCUT2D eigenvalue weighted by atomic mass is 32.2. The van der Waals surface area contributed by atoms with Gasteiger partial charge in [0, 0.05) is 5.54 Å². The van der Waals surface area contributed by atoms with Gasteiger partial charge in [0.25, 0.3) is 0 Å². The van der Waals surface area contributed by atoms with Crippen molar-refractivity contribution in [2.75, 3.05) is 5.32 Å². The minimum atomic E-state index is -3.97. The number of carboxylic acid groups (broad SMARTS) is 1. The molecule has 0 aromatic heterocycles. The van der Waals surface area contributed by atoms with E-state index in [1.54, 1.807) is 0 Å². The number of hydrogen-bond acceptors (Lipinski definition) is 4. The van der Waals surface area contributed by atoms with Crippen LogP contribution in [0.15, 0.2) is 23.1 Å². The maximum Gasteiger partial charge on any atom is 0.305 e. The number of carboxylic acids is 1. The summed E-state index contributed by atoms with van der Waals surface area (Å²) >= 11 is 0. The van der Waals surface area contributed by atoms with Crippen molar-refractivity contribution in [3.63, 3.8) is 0 Å². The van der Waals surface area contributed by atoms with Gasteiger partial charge in [0.1, 0.15) is 5.82 Å². The van der Waals surface area contributed by atoms with Crippen molar-refractivity contribution in [2.45, 2.75) is 42.5 Å². The minimum Gasteiger partial charge on any atom is -0.481 e. The molecule has 2 rings (SSSR count). The molecule has 1 saturated carbocycles. The van der Waals surface area contributed by atoms with Gasteiger partial charge in [0.2, 0.25) is 10.0 Å². The van der Waals surface area contributed by atoms with Crippen LogP contribution in [0.4, 0.5) is 10.1 Å². The Labute approximate surface area is 122 Å². The number of rotatable bonds is 5. The zero-order valence-electron chi connectivity index (χ0n) is 11.3. The van der Waals surface area contributed by atoms with Gasteiger partial charge < -0.3 is 10.4 Å². The van der Waals surface area contributed by atoms with Crippen molar-refractivity contribution in [3.8, 4) is 0 Å². The first-order valence-corrected chi connectivity index (χ1v) is 8.09. The Morgan fingerprint density at radius 3 is 2.48 bits per heavy atom. The fourth-order valence-corrected chi connectivity index (χ4v) is 3.27. The average Bonchev–Trinajstić information content (AvgIpc) is 2.78. The first kappa shape index (κ1) is 15.7. The van der Waals surface area contributed by atoms with Crippen LogP contribution >= 0.6 is 0 Å². The third-order valence-corrected chi connectivity index (χ3v) is 4.63. The predicted molar refractivity (Wildman–Crippen MR) is 74.8 cm³/mol. The summed E-state index contributed by atoms with van der Waals surface area (Å²) in [6, 6.07) is 3.31. The van der Waals surface area contributed by atoms with E-state index in [1.807, 2.05) is 0 Å². The first-order chi connectivity index (χ1) is 9.72. The molecule has 8 heteroatoms. The summed E-state index contributed by atoms with van der Waals surface area (Å²) in [6.07, 6.45) is 2.91. The van der Waals surface area contributed by atoms with Crippen molar-refractivity contribution < 1.29 is 22.7 Å². The van der Waals surface area contributed by atoms with Crippen LogP contribution in [0.5, 0.6) is 0 Å². The topological polar surface area (TPSA) is 109 Å². The highest BCUT2D eigenvalue weighted by molar-refractivity contribution is 7.89. The molecule has 0 radical (unpaired) electrons. The number of nitrogens with two attached hydrogens (primary N) is 1. The quantitative estimate of drug-likeness (QED) is 0.765. The Hall–Kier alpha value is -1.67. The normalized spacial score (nSPS) is 17.6. The molecule has 116 valence electrons. The SMILES string of the molecule is NS(=O)(=O)c1ccc(NC2(CC(=O)O)CCCC2)c(F)c1. The maximum absolute atomic E-state index is 14.0. The Morgan fingerprint density at radius 2 is 2.00 bits per heavy atom. The van der Waals surface area contributed by atoms with Crippen molar-refractivity contribution in [3.05, 3.63) is 24.0 Å². The largest absolute Gasteiger partial charge is 0.481 e. The molecule has 0 unspecified atom stereocenters. The van der Waals surface area contributed by atoms with Crippen molar-refractivity contribution in [1.82, 2.24) is 0 Å². The fourth-order valence-electron chi connectivity index (χ4n) is 2.75. The van der Waals surface area contributed by atoms with E-state index in [1.165, 1.54) is 12.1 Å². The second-order valence-electron chi connectivity index (χ2n) is 5.37. The van der Waals surface area contributed by atoms with Gasteiger partial charge in [-0.05, 0) is 31.0 Å². The first-order valence-electron chi connectivity index (χ1n) is 6.54. The van der Waals surface area contributed by atoms with Crippen molar-refractivity contribution in [2.24, 2.45) is 5.14 Å². The Balaban J connectivity index is 2.28. The van der Waals surface area contributed by atoms with E-state index in [0.717, 1.165) is 18.9 Å². The number of nitrogens with one attached hydrogen (secondary N) is 1. The van der Waals surface area contributed by atoms with Crippen molar-refractivity contribution in [1.29, 1.82) is 0 Å². The van der Waals surface area contributed by atoms with Crippen molar-refractivity contribution >= 4 is 21.7 Å². The van der Waals surface area contributed by atoms with Crippen LogP contribution in [0.3, 0.4) is 0 Å². The molecule has 4 N–H and O–H groups in total. The molecule has 1 aromatic carbocycles. The molecule has 1 aliphatic carbocycles. The fraction of sp³-hybridized carbons (Fsp3) is 0.462. The summed E-state index contributed by atoms with van der Waals surface area (Å²) in [5.41, 5.74) is -0.596. The number of anilines is 1. The molecule has 0 atom stereocenters. The Morgan fingerprint density at radius 1 is 1.38 bits per heavy atom. The summed E-state index contributed by atoms with van der Waals surface area (Å²) in [5, 5.41) is 16.9. The third-order valence-electron chi connectivity index (χ3n) is 3.72. The molecule has 1 aliphatic rings. The summed E-state index contributed by atoms with van der Waals surface area (Å²) < 4.78 is 36.3. The molecule has 0 spiro atoms. The molecule has 1 fully saturated rings. The van der Waals surface area contributed by atoms with Gasteiger partial charge in [0.15, 0.2) is 0 Å². The van der Waals surface area contributed by atoms with Gasteiger partial charge in [-0.15, -0.1) is 0 Å². The monoisotopic (exact) mass is 316 g/mol. The van der Waals surface area contributed by atoms with Gasteiger partial charge in [-0.3, -0.25) is 4.79 Å². The van der Waals surface area contributed by atoms with Gasteiger partial charge in [-0.2, -0.15) is 0 Å². The van der Waals surface area contributed by atoms with Crippen LogP contribution < -0.4 is 10.5 Å². The van der Waals surface area contributed by atoms with Crippen LogP contribution in [-0.4, -0.2) is 25.0 Å². The summed E-state index contributed by atoms with van der Waals surface area (Å²) in [4.78, 5) is 10.7. The third kappa shape index (κ3) is 3.70. The van der Waals surface area contributed by atoms with E-state index >= 15 is 0 Å². The molecule has 0 heterocycles. The van der Waals surface area contributed by atoms with Gasteiger partial charge in [-0.1, -0.05) is 12.8 Å². The highest BCUT2D eigenvalue weighted by Crippen LogP contribution is 2.36. The minimum absolute atomic E-state index is 0.0885. The lowest BCUT2D eigenvalue weighted by Crippen LogP contribution is -2.37. The zero-order chi connectivity index (χ0) is 15.7. The van der Waals surface area contributed by atoms with Crippen LogP contribution in [0, 0.1) is 5.82 Å². The zero-order valence-corrected chi connectivity index (χ0v) is 12.1. The Kier molecular flexibility index (Phi) is 4.20. The average molecular weight is 316 g/mol. The molecular weight excluding hydrogens is 299 g/mol. The summed E-state index contributed by atoms with van der Waals surface area (Å²) in [7, 11) is -3.97. The lowest BCUT2D eigenvalue weighted by molar-refractivity contribution is -0.138. The number of sulfonamides is 1. The summed E-state index contributed by atoms with van der Waals surface area (Å²) in [6.45, 7) is 0. The number of halogens is 1. The lowest BCUT2D eigenvalue weighted by atomic mass is 9.92. The number of aliphatic carboxylic acids is 1. The molecule has 0 bridgehead atoms. The molecular formula is C13H17FN2O4S. The summed E-state index contributed by atoms with van der Waals surface area (Å²) in [5.74, 6) is -1.72. The molecule has 0 amide bonds. The molecule has 6 nitrogen and oxygen atoms in total. The molecule has 0 saturated heterocycles. The van der Waals surface area contributed by atoms with Crippen LogP contribution in [0.2, 0.25) is 0 Å². The lowest BCUT2D eigenvalue weighted by Gasteiger charge is -2.30. The van der Waals surface area contributed by atoms with E-state index in [9.17, 15) is 17.6 Å². The van der Waals surface area contributed by atoms with E-state index in [0.29, 0.717) is 12.8 Å². The molecule has 1 aromatic rings. The number of primary sulfonamides is 1. The van der Waals surface area contributed by atoms with Gasteiger partial charge in [-0.25, -0.2) is 17.9 Å². The predicted octanol–water partition coefficient (Wildman–Crippen LogP) is 1.67. The van der Waals surface area contributed by atoms with E-state index in [-0.39, 0.29) is 17.0 Å².